The molecule has 4 nitrogen and oxygen atoms in total. The molecule has 1 unspecified atom stereocenters. The van der Waals surface area contributed by atoms with Crippen LogP contribution < -0.4 is 11.2 Å². The molecule has 0 heterocycles. The van der Waals surface area contributed by atoms with Gasteiger partial charge in [-0.1, -0.05) is 20.8 Å². The summed E-state index contributed by atoms with van der Waals surface area (Å²) in [6, 6.07) is -0.146. The van der Waals surface area contributed by atoms with Gasteiger partial charge in [-0.15, -0.1) is 0 Å². The molecule has 0 aliphatic heterocycles. The molecule has 12 heavy (non-hydrogen) atoms. The Morgan fingerprint density at radius 1 is 1.58 bits per heavy atom. The minimum Gasteiger partial charge on any atom is -0.327 e. The van der Waals surface area contributed by atoms with Crippen molar-refractivity contribution in [2.75, 3.05) is 7.11 Å². The van der Waals surface area contributed by atoms with Crippen molar-refractivity contribution in [3.8, 4) is 0 Å². The first kappa shape index (κ1) is 11.4. The molecule has 0 aromatic carbocycles. The van der Waals surface area contributed by atoms with Gasteiger partial charge in [-0.3, -0.25) is 9.63 Å². The summed E-state index contributed by atoms with van der Waals surface area (Å²) < 4.78 is 0. The third-order valence-electron chi connectivity index (χ3n) is 1.73. The molecule has 0 fully saturated rings. The summed E-state index contributed by atoms with van der Waals surface area (Å²) in [7, 11) is 1.40. The predicted molar refractivity (Wildman–Crippen MR) is 47.2 cm³/mol. The van der Waals surface area contributed by atoms with Crippen LogP contribution in [0.3, 0.4) is 0 Å². The van der Waals surface area contributed by atoms with E-state index in [1.165, 1.54) is 7.11 Å². The van der Waals surface area contributed by atoms with Crippen LogP contribution in [0.1, 0.15) is 27.2 Å². The highest BCUT2D eigenvalue weighted by Gasteiger charge is 2.22. The average Bonchev–Trinajstić information content (AvgIpc) is 1.85. The van der Waals surface area contributed by atoms with Gasteiger partial charge in [0.15, 0.2) is 0 Å². The molecule has 3 N–H and O–H groups in total. The highest BCUT2D eigenvalue weighted by Crippen LogP contribution is 2.19. The van der Waals surface area contributed by atoms with Crippen LogP contribution in [0.25, 0.3) is 0 Å². The highest BCUT2D eigenvalue weighted by molar-refractivity contribution is 5.75. The number of nitrogens with two attached hydrogens (primary N) is 1. The summed E-state index contributed by atoms with van der Waals surface area (Å²) in [5, 5.41) is 0. The second kappa shape index (κ2) is 4.42. The lowest BCUT2D eigenvalue weighted by atomic mass is 9.85. The topological polar surface area (TPSA) is 64.3 Å². The van der Waals surface area contributed by atoms with Crippen molar-refractivity contribution in [2.24, 2.45) is 11.1 Å². The molecule has 0 saturated heterocycles. The van der Waals surface area contributed by atoms with Gasteiger partial charge in [-0.05, 0) is 5.41 Å². The van der Waals surface area contributed by atoms with Crippen molar-refractivity contribution in [1.82, 2.24) is 5.48 Å². The minimum absolute atomic E-state index is 0.0505. The molecule has 0 saturated carbocycles. The predicted octanol–water partition coefficient (Wildman–Crippen LogP) is 0.427. The van der Waals surface area contributed by atoms with Gasteiger partial charge in [0.1, 0.15) is 0 Å². The standard InChI is InChI=1S/C8H18N2O2/c1-8(2,3)6(9)5-7(11)10-12-4/h6H,5,9H2,1-4H3,(H,10,11). The van der Waals surface area contributed by atoms with E-state index in [-0.39, 0.29) is 23.8 Å². The summed E-state index contributed by atoms with van der Waals surface area (Å²) in [4.78, 5) is 15.4. The molecule has 72 valence electrons. The Labute approximate surface area is 73.4 Å². The first-order valence-corrected chi connectivity index (χ1v) is 3.95. The number of hydroxylamine groups is 1. The molecule has 0 aromatic rings. The fraction of sp³-hybridized carbons (Fsp3) is 0.875. The number of hydrogen-bond acceptors (Lipinski definition) is 3. The Kier molecular flexibility index (Phi) is 4.20. The first-order valence-electron chi connectivity index (χ1n) is 3.95. The van der Waals surface area contributed by atoms with Gasteiger partial charge in [0.2, 0.25) is 5.91 Å². The molecule has 1 amide bonds. The second-order valence-corrected chi connectivity index (χ2v) is 3.91. The van der Waals surface area contributed by atoms with Crippen LogP contribution in [-0.2, 0) is 9.63 Å². The van der Waals surface area contributed by atoms with Crippen LogP contribution in [0.5, 0.6) is 0 Å². The summed E-state index contributed by atoms with van der Waals surface area (Å²) in [6.07, 6.45) is 0.289. The lowest BCUT2D eigenvalue weighted by Gasteiger charge is -2.26. The zero-order chi connectivity index (χ0) is 9.78. The van der Waals surface area contributed by atoms with Crippen molar-refractivity contribution >= 4 is 5.91 Å². The van der Waals surface area contributed by atoms with Crippen LogP contribution in [0.2, 0.25) is 0 Å². The quantitative estimate of drug-likeness (QED) is 0.610. The molecular formula is C8H18N2O2. The molecule has 0 aliphatic carbocycles. The van der Waals surface area contributed by atoms with E-state index in [4.69, 9.17) is 5.73 Å². The van der Waals surface area contributed by atoms with Crippen LogP contribution >= 0.6 is 0 Å². The van der Waals surface area contributed by atoms with Crippen LogP contribution in [0, 0.1) is 5.41 Å². The molecular weight excluding hydrogens is 156 g/mol. The van der Waals surface area contributed by atoms with E-state index in [1.54, 1.807) is 0 Å². The lowest BCUT2D eigenvalue weighted by molar-refractivity contribution is -0.132. The monoisotopic (exact) mass is 174 g/mol. The molecule has 4 heteroatoms. The Morgan fingerprint density at radius 2 is 2.08 bits per heavy atom. The van der Waals surface area contributed by atoms with E-state index in [9.17, 15) is 4.79 Å². The van der Waals surface area contributed by atoms with E-state index in [2.05, 4.69) is 10.3 Å². The van der Waals surface area contributed by atoms with Gasteiger partial charge < -0.3 is 5.73 Å². The van der Waals surface area contributed by atoms with Gasteiger partial charge in [-0.25, -0.2) is 5.48 Å². The van der Waals surface area contributed by atoms with Crippen molar-refractivity contribution in [2.45, 2.75) is 33.2 Å². The number of rotatable bonds is 3. The molecule has 0 rings (SSSR count). The summed E-state index contributed by atoms with van der Waals surface area (Å²) >= 11 is 0. The fourth-order valence-corrected chi connectivity index (χ4v) is 0.661. The summed E-state index contributed by atoms with van der Waals surface area (Å²) in [5.74, 6) is -0.181. The van der Waals surface area contributed by atoms with Crippen molar-refractivity contribution in [3.05, 3.63) is 0 Å². The Morgan fingerprint density at radius 3 is 2.42 bits per heavy atom. The molecule has 0 radical (unpaired) electrons. The SMILES string of the molecule is CONC(=O)CC(N)C(C)(C)C. The number of nitrogens with one attached hydrogen (secondary N) is 1. The van der Waals surface area contributed by atoms with Crippen molar-refractivity contribution < 1.29 is 9.63 Å². The molecule has 0 spiro atoms. The first-order chi connectivity index (χ1) is 5.38. The zero-order valence-electron chi connectivity index (χ0n) is 8.18. The maximum atomic E-state index is 11.0. The normalized spacial score (nSPS) is 14.1. The number of amides is 1. The van der Waals surface area contributed by atoms with Crippen molar-refractivity contribution in [1.29, 1.82) is 0 Å². The number of carbonyl (C=O) groups is 1. The molecule has 0 aliphatic rings. The zero-order valence-corrected chi connectivity index (χ0v) is 8.18. The third kappa shape index (κ3) is 4.31. The molecule has 0 aromatic heterocycles. The van der Waals surface area contributed by atoms with Gasteiger partial charge in [-0.2, -0.15) is 0 Å². The molecule has 1 atom stereocenters. The van der Waals surface area contributed by atoms with Gasteiger partial charge in [0.25, 0.3) is 0 Å². The number of carbonyl (C=O) groups excluding carboxylic acids is 1. The van der Waals surface area contributed by atoms with Crippen LogP contribution in [0.4, 0.5) is 0 Å². The van der Waals surface area contributed by atoms with Crippen LogP contribution in [0.15, 0.2) is 0 Å². The smallest absolute Gasteiger partial charge is 0.245 e. The fourth-order valence-electron chi connectivity index (χ4n) is 0.661. The van der Waals surface area contributed by atoms with E-state index in [0.717, 1.165) is 0 Å². The van der Waals surface area contributed by atoms with E-state index >= 15 is 0 Å². The Bertz CT molecular complexity index is 152. The average molecular weight is 174 g/mol. The maximum Gasteiger partial charge on any atom is 0.245 e. The van der Waals surface area contributed by atoms with Gasteiger partial charge >= 0.3 is 0 Å². The second-order valence-electron chi connectivity index (χ2n) is 3.91. The van der Waals surface area contributed by atoms with Gasteiger partial charge in [0, 0.05) is 12.5 Å². The van der Waals surface area contributed by atoms with Crippen molar-refractivity contribution in [3.63, 3.8) is 0 Å². The largest absolute Gasteiger partial charge is 0.327 e. The number of hydrogen-bond donors (Lipinski definition) is 2. The lowest BCUT2D eigenvalue weighted by Crippen LogP contribution is -2.39. The summed E-state index contributed by atoms with van der Waals surface area (Å²) in [5.41, 5.74) is 7.94. The van der Waals surface area contributed by atoms with Crippen LogP contribution in [-0.4, -0.2) is 19.1 Å². The minimum atomic E-state index is -0.181. The summed E-state index contributed by atoms with van der Waals surface area (Å²) in [6.45, 7) is 5.99. The Hall–Kier alpha value is -0.610. The maximum absolute atomic E-state index is 11.0. The van der Waals surface area contributed by atoms with E-state index < -0.39 is 0 Å². The highest BCUT2D eigenvalue weighted by atomic mass is 16.6. The Balaban J connectivity index is 3.84. The van der Waals surface area contributed by atoms with E-state index in [1.807, 2.05) is 20.8 Å². The van der Waals surface area contributed by atoms with E-state index in [0.29, 0.717) is 0 Å². The molecule has 0 bridgehead atoms. The third-order valence-corrected chi connectivity index (χ3v) is 1.73. The van der Waals surface area contributed by atoms with Gasteiger partial charge in [0.05, 0.1) is 7.11 Å².